The average Bonchev–Trinajstić information content (AvgIpc) is 3.26. The first kappa shape index (κ1) is 14.1. The van der Waals surface area contributed by atoms with Crippen molar-refractivity contribution in [3.8, 4) is 5.69 Å². The van der Waals surface area contributed by atoms with E-state index in [-0.39, 0.29) is 0 Å². The topological polar surface area (TPSA) is 46.0 Å². The summed E-state index contributed by atoms with van der Waals surface area (Å²) >= 11 is 6.35. The van der Waals surface area contributed by atoms with E-state index in [9.17, 15) is 0 Å². The molecule has 3 heterocycles. The molecule has 2 aromatic heterocycles. The number of pyridine rings is 1. The summed E-state index contributed by atoms with van der Waals surface area (Å²) in [5.41, 5.74) is 4.42. The molecule has 5 rings (SSSR count). The number of aromatic nitrogens is 3. The molecule has 24 heavy (non-hydrogen) atoms. The van der Waals surface area contributed by atoms with Crippen molar-refractivity contribution >= 4 is 34.0 Å². The average molecular weight is 340 g/mol. The van der Waals surface area contributed by atoms with Crippen LogP contribution in [0.25, 0.3) is 16.7 Å². The normalized spacial score (nSPS) is 18.0. The minimum absolute atomic E-state index is 0.639. The van der Waals surface area contributed by atoms with E-state index in [1.54, 1.807) is 0 Å². The Morgan fingerprint density at radius 1 is 1.21 bits per heavy atom. The molecule has 0 atom stereocenters. The number of nitrogens with one attached hydrogen (secondary N) is 1. The smallest absolute Gasteiger partial charge is 0.181 e. The van der Waals surface area contributed by atoms with Gasteiger partial charge in [0.1, 0.15) is 0 Å². The Morgan fingerprint density at radius 3 is 2.79 bits per heavy atom. The fourth-order valence-corrected chi connectivity index (χ4v) is 3.69. The van der Waals surface area contributed by atoms with E-state index < -0.39 is 0 Å². The predicted octanol–water partition coefficient (Wildman–Crippen LogP) is 3.72. The van der Waals surface area contributed by atoms with Gasteiger partial charge in [0.05, 0.1) is 22.6 Å². The van der Waals surface area contributed by atoms with E-state index in [1.807, 2.05) is 42.3 Å². The van der Waals surface area contributed by atoms with Crippen LogP contribution in [0.1, 0.15) is 12.8 Å². The maximum atomic E-state index is 6.35. The molecule has 2 fully saturated rings. The van der Waals surface area contributed by atoms with E-state index in [1.165, 1.54) is 31.6 Å². The summed E-state index contributed by atoms with van der Waals surface area (Å²) in [4.78, 5) is 6.95. The monoisotopic (exact) mass is 339 g/mol. The second-order valence-corrected chi connectivity index (χ2v) is 7.36. The van der Waals surface area contributed by atoms with Crippen LogP contribution >= 0.6 is 11.6 Å². The third-order valence-electron chi connectivity index (χ3n) is 5.20. The SMILES string of the molecule is CNc1ccc(Cl)c(-n2cc3cc(N4CC5(CC5)C4)cnc3n2)c1. The van der Waals surface area contributed by atoms with Crippen molar-refractivity contribution in [1.29, 1.82) is 0 Å². The van der Waals surface area contributed by atoms with Crippen LogP contribution in [0.15, 0.2) is 36.7 Å². The largest absolute Gasteiger partial charge is 0.388 e. The van der Waals surface area contributed by atoms with E-state index in [0.29, 0.717) is 10.4 Å². The molecule has 122 valence electrons. The van der Waals surface area contributed by atoms with E-state index in [2.05, 4.69) is 26.4 Å². The van der Waals surface area contributed by atoms with Crippen molar-refractivity contribution in [2.45, 2.75) is 12.8 Å². The summed E-state index contributed by atoms with van der Waals surface area (Å²) in [5.74, 6) is 0. The van der Waals surface area contributed by atoms with Gasteiger partial charge in [-0.25, -0.2) is 9.67 Å². The lowest BCUT2D eigenvalue weighted by Crippen LogP contribution is -2.48. The zero-order valence-corrected chi connectivity index (χ0v) is 14.2. The lowest BCUT2D eigenvalue weighted by molar-refractivity contribution is 0.387. The molecule has 0 unspecified atom stereocenters. The molecule has 1 aromatic carbocycles. The molecular weight excluding hydrogens is 322 g/mol. The Kier molecular flexibility index (Phi) is 2.86. The quantitative estimate of drug-likeness (QED) is 0.790. The van der Waals surface area contributed by atoms with E-state index >= 15 is 0 Å². The number of nitrogens with zero attached hydrogens (tertiary/aromatic N) is 4. The van der Waals surface area contributed by atoms with Crippen LogP contribution in [0.5, 0.6) is 0 Å². The van der Waals surface area contributed by atoms with Gasteiger partial charge in [-0.2, -0.15) is 0 Å². The van der Waals surface area contributed by atoms with Gasteiger partial charge in [0, 0.05) is 42.8 Å². The molecule has 1 aliphatic carbocycles. The lowest BCUT2D eigenvalue weighted by Gasteiger charge is -2.41. The Bertz CT molecular complexity index is 936. The summed E-state index contributed by atoms with van der Waals surface area (Å²) in [5, 5.41) is 9.41. The highest BCUT2D eigenvalue weighted by Gasteiger charge is 2.52. The Hall–Kier alpha value is -2.27. The highest BCUT2D eigenvalue weighted by atomic mass is 35.5. The molecule has 2 aliphatic rings. The number of fused-ring (bicyclic) bond motifs is 1. The number of hydrogen-bond donors (Lipinski definition) is 1. The highest BCUT2D eigenvalue weighted by molar-refractivity contribution is 6.32. The highest BCUT2D eigenvalue weighted by Crippen LogP contribution is 2.53. The molecule has 0 amide bonds. The van der Waals surface area contributed by atoms with E-state index in [0.717, 1.165) is 22.4 Å². The van der Waals surface area contributed by atoms with Crippen LogP contribution in [0, 0.1) is 5.41 Å². The lowest BCUT2D eigenvalue weighted by atomic mass is 9.96. The first-order chi connectivity index (χ1) is 11.7. The van der Waals surface area contributed by atoms with Crippen molar-refractivity contribution in [2.75, 3.05) is 30.4 Å². The number of rotatable bonds is 3. The van der Waals surface area contributed by atoms with E-state index in [4.69, 9.17) is 11.6 Å². The summed E-state index contributed by atoms with van der Waals surface area (Å²) in [6.07, 6.45) is 6.70. The number of hydrogen-bond acceptors (Lipinski definition) is 4. The van der Waals surface area contributed by atoms with Gasteiger partial charge in [0.15, 0.2) is 5.65 Å². The second kappa shape index (κ2) is 4.86. The molecule has 3 aromatic rings. The molecule has 1 aliphatic heterocycles. The van der Waals surface area contributed by atoms with Crippen LogP contribution in [0.2, 0.25) is 5.02 Å². The standard InChI is InChI=1S/C18H18ClN5/c1-20-13-2-3-15(19)16(7-13)24-9-12-6-14(8-21-17(12)22-24)23-10-18(11-23)4-5-18/h2-3,6-9,20H,4-5,10-11H2,1H3. The summed E-state index contributed by atoms with van der Waals surface area (Å²) in [6.45, 7) is 2.34. The number of benzene rings is 1. The van der Waals surface area contributed by atoms with Crippen LogP contribution in [0.4, 0.5) is 11.4 Å². The fourth-order valence-electron chi connectivity index (χ4n) is 3.48. The molecule has 1 saturated carbocycles. The molecule has 6 heteroatoms. The summed E-state index contributed by atoms with van der Waals surface area (Å²) < 4.78 is 1.81. The minimum Gasteiger partial charge on any atom is -0.388 e. The first-order valence-electron chi connectivity index (χ1n) is 8.24. The van der Waals surface area contributed by atoms with Crippen LogP contribution in [-0.2, 0) is 0 Å². The summed E-state index contributed by atoms with van der Waals surface area (Å²) in [7, 11) is 1.89. The Labute approximate surface area is 145 Å². The first-order valence-corrected chi connectivity index (χ1v) is 8.62. The van der Waals surface area contributed by atoms with Crippen LogP contribution < -0.4 is 10.2 Å². The van der Waals surface area contributed by atoms with Crippen molar-refractivity contribution in [3.05, 3.63) is 41.7 Å². The van der Waals surface area contributed by atoms with Crippen LogP contribution in [-0.4, -0.2) is 34.9 Å². The third-order valence-corrected chi connectivity index (χ3v) is 5.52. The third kappa shape index (κ3) is 2.15. The van der Waals surface area contributed by atoms with Gasteiger partial charge >= 0.3 is 0 Å². The maximum Gasteiger partial charge on any atom is 0.181 e. The second-order valence-electron chi connectivity index (χ2n) is 6.95. The molecule has 1 N–H and O–H groups in total. The molecule has 0 bridgehead atoms. The zero-order chi connectivity index (χ0) is 16.3. The molecule has 0 radical (unpaired) electrons. The van der Waals surface area contributed by atoms with Crippen LogP contribution in [0.3, 0.4) is 0 Å². The van der Waals surface area contributed by atoms with Crippen molar-refractivity contribution in [1.82, 2.24) is 14.8 Å². The van der Waals surface area contributed by atoms with Gasteiger partial charge in [-0.3, -0.25) is 0 Å². The molecule has 1 spiro atoms. The van der Waals surface area contributed by atoms with Gasteiger partial charge in [0.25, 0.3) is 0 Å². The van der Waals surface area contributed by atoms with Crippen molar-refractivity contribution in [3.63, 3.8) is 0 Å². The van der Waals surface area contributed by atoms with Gasteiger partial charge in [0.2, 0.25) is 0 Å². The van der Waals surface area contributed by atoms with Gasteiger partial charge in [-0.1, -0.05) is 11.6 Å². The predicted molar refractivity (Wildman–Crippen MR) is 97.3 cm³/mol. The zero-order valence-electron chi connectivity index (χ0n) is 13.5. The number of halogens is 1. The molecule has 1 saturated heterocycles. The Balaban J connectivity index is 1.51. The minimum atomic E-state index is 0.639. The van der Waals surface area contributed by atoms with Gasteiger partial charge in [-0.05, 0) is 37.1 Å². The molecular formula is C18H18ClN5. The maximum absolute atomic E-state index is 6.35. The number of anilines is 2. The van der Waals surface area contributed by atoms with Crippen molar-refractivity contribution < 1.29 is 0 Å². The molecule has 5 nitrogen and oxygen atoms in total. The van der Waals surface area contributed by atoms with Gasteiger partial charge in [-0.15, -0.1) is 5.10 Å². The van der Waals surface area contributed by atoms with Crippen molar-refractivity contribution in [2.24, 2.45) is 5.41 Å². The fraction of sp³-hybridized carbons (Fsp3) is 0.333. The van der Waals surface area contributed by atoms with Gasteiger partial charge < -0.3 is 10.2 Å². The summed E-state index contributed by atoms with van der Waals surface area (Å²) in [6, 6.07) is 7.99. The Morgan fingerprint density at radius 2 is 2.04 bits per heavy atom.